The van der Waals surface area contributed by atoms with Crippen LogP contribution in [0.2, 0.25) is 0 Å². The zero-order valence-corrected chi connectivity index (χ0v) is 35.6. The quantitative estimate of drug-likeness (QED) is 0.109. The zero-order chi connectivity index (χ0) is 37.8. The minimum atomic E-state index is -0.821. The Hall–Kier alpha value is -3.60. The summed E-state index contributed by atoms with van der Waals surface area (Å²) in [5.41, 5.74) is 12.2. The summed E-state index contributed by atoms with van der Waals surface area (Å²) in [5, 5.41) is 8.85. The minimum Gasteiger partial charge on any atom is -0.295 e. The Balaban J connectivity index is 1.61. The molecule has 0 bridgehead atoms. The second-order valence-electron chi connectivity index (χ2n) is 15.6. The standard InChI is InChI=1S/C50H59NP2/c1-11-20-51(21-12-2)50(47-17-15-19-49(47)53(44-30-38(7)24-39(8)31-44)45-32-40(9)25-41(10)33-45)46-16-13-14-18-48(46)52(42-26-34(3)22-35(4)27-42)43-28-36(5)23-37(6)29-43/h13-19,22-33,47,50H,11-12,20-21H2,1-10H3. The molecule has 5 aromatic carbocycles. The fraction of sp³-hybridized carbons (Fsp3) is 0.320. The van der Waals surface area contributed by atoms with E-state index < -0.39 is 15.8 Å². The highest BCUT2D eigenvalue weighted by Gasteiger charge is 2.38. The van der Waals surface area contributed by atoms with Crippen molar-refractivity contribution < 1.29 is 0 Å². The molecule has 5 aromatic rings. The van der Waals surface area contributed by atoms with Crippen LogP contribution in [0.3, 0.4) is 0 Å². The Morgan fingerprint density at radius 2 is 0.887 bits per heavy atom. The van der Waals surface area contributed by atoms with Gasteiger partial charge in [0.2, 0.25) is 0 Å². The van der Waals surface area contributed by atoms with Gasteiger partial charge in [0.1, 0.15) is 0 Å². The van der Waals surface area contributed by atoms with Crippen LogP contribution in [-0.4, -0.2) is 18.0 Å². The van der Waals surface area contributed by atoms with E-state index in [1.807, 2.05) is 0 Å². The smallest absolute Gasteiger partial charge is 0.0458 e. The minimum absolute atomic E-state index is 0.208. The lowest BCUT2D eigenvalue weighted by atomic mass is 9.91. The van der Waals surface area contributed by atoms with Gasteiger partial charge >= 0.3 is 0 Å². The average Bonchev–Trinajstić information content (AvgIpc) is 3.53. The van der Waals surface area contributed by atoms with Crippen molar-refractivity contribution in [3.05, 3.63) is 171 Å². The summed E-state index contributed by atoms with van der Waals surface area (Å²) in [7, 11) is -1.60. The molecule has 3 heteroatoms. The molecule has 0 aromatic heterocycles. The summed E-state index contributed by atoms with van der Waals surface area (Å²) in [6.45, 7) is 24.9. The monoisotopic (exact) mass is 735 g/mol. The SMILES string of the molecule is CCCN(CCC)C(c1ccccc1P(c1cc(C)cc(C)c1)c1cc(C)cc(C)c1)C1C=CC=C1P(c1cc(C)cc(C)c1)c1cc(C)cc(C)c1. The van der Waals surface area contributed by atoms with Gasteiger partial charge in [-0.2, -0.15) is 0 Å². The van der Waals surface area contributed by atoms with Crippen LogP contribution in [0.1, 0.15) is 82.8 Å². The van der Waals surface area contributed by atoms with Crippen LogP contribution >= 0.6 is 15.8 Å². The topological polar surface area (TPSA) is 3.24 Å². The second-order valence-corrected chi connectivity index (χ2v) is 20.0. The highest BCUT2D eigenvalue weighted by Crippen LogP contribution is 2.54. The second kappa shape index (κ2) is 17.2. The van der Waals surface area contributed by atoms with Crippen molar-refractivity contribution in [3.63, 3.8) is 0 Å². The molecule has 1 aliphatic rings. The van der Waals surface area contributed by atoms with Crippen molar-refractivity contribution in [3.8, 4) is 0 Å². The van der Waals surface area contributed by atoms with E-state index in [0.717, 1.165) is 25.9 Å². The zero-order valence-electron chi connectivity index (χ0n) is 33.8. The number of allylic oxidation sites excluding steroid dienone is 2. The number of hydrogen-bond donors (Lipinski definition) is 0. The van der Waals surface area contributed by atoms with E-state index >= 15 is 0 Å². The maximum Gasteiger partial charge on any atom is 0.0458 e. The Labute approximate surface area is 323 Å². The molecule has 2 atom stereocenters. The molecule has 53 heavy (non-hydrogen) atoms. The van der Waals surface area contributed by atoms with Gasteiger partial charge in [-0.3, -0.25) is 4.90 Å². The van der Waals surface area contributed by atoms with Crippen LogP contribution in [0.5, 0.6) is 0 Å². The first-order chi connectivity index (χ1) is 25.4. The van der Waals surface area contributed by atoms with Gasteiger partial charge in [-0.1, -0.05) is 174 Å². The lowest BCUT2D eigenvalue weighted by Gasteiger charge is -2.40. The maximum absolute atomic E-state index is 2.83. The fourth-order valence-electron chi connectivity index (χ4n) is 8.69. The molecule has 0 N–H and O–H groups in total. The molecule has 0 fully saturated rings. The van der Waals surface area contributed by atoms with E-state index in [4.69, 9.17) is 0 Å². The van der Waals surface area contributed by atoms with Gasteiger partial charge in [-0.05, 0) is 135 Å². The van der Waals surface area contributed by atoms with E-state index in [2.05, 4.69) is 189 Å². The van der Waals surface area contributed by atoms with Crippen molar-refractivity contribution in [1.82, 2.24) is 4.90 Å². The molecule has 1 nitrogen and oxygen atoms in total. The first-order valence-electron chi connectivity index (χ1n) is 19.6. The third-order valence-corrected chi connectivity index (χ3v) is 15.2. The van der Waals surface area contributed by atoms with Crippen LogP contribution in [-0.2, 0) is 0 Å². The molecule has 0 spiro atoms. The van der Waals surface area contributed by atoms with Gasteiger partial charge in [0.25, 0.3) is 0 Å². The molecule has 0 saturated heterocycles. The number of benzene rings is 5. The van der Waals surface area contributed by atoms with Crippen LogP contribution in [0.25, 0.3) is 0 Å². The summed E-state index contributed by atoms with van der Waals surface area (Å²) in [6, 6.07) is 38.7. The van der Waals surface area contributed by atoms with Gasteiger partial charge < -0.3 is 0 Å². The normalized spacial score (nSPS) is 14.8. The summed E-state index contributed by atoms with van der Waals surface area (Å²) in [6.07, 6.45) is 9.67. The number of hydrogen-bond acceptors (Lipinski definition) is 1. The van der Waals surface area contributed by atoms with E-state index in [0.29, 0.717) is 0 Å². The van der Waals surface area contributed by atoms with Crippen molar-refractivity contribution in [2.45, 2.75) is 88.1 Å². The molecule has 2 unspecified atom stereocenters. The molecule has 0 amide bonds. The third kappa shape index (κ3) is 9.03. The first-order valence-corrected chi connectivity index (χ1v) is 22.3. The fourth-order valence-corrected chi connectivity index (χ4v) is 14.6. The summed E-state index contributed by atoms with van der Waals surface area (Å²) < 4.78 is 0. The van der Waals surface area contributed by atoms with Gasteiger partial charge in [0.05, 0.1) is 0 Å². The van der Waals surface area contributed by atoms with Gasteiger partial charge in [-0.15, -0.1) is 0 Å². The average molecular weight is 736 g/mol. The van der Waals surface area contributed by atoms with Crippen molar-refractivity contribution in [2.24, 2.45) is 5.92 Å². The molecular weight excluding hydrogens is 677 g/mol. The molecule has 0 aliphatic heterocycles. The van der Waals surface area contributed by atoms with Crippen LogP contribution in [0.4, 0.5) is 0 Å². The Morgan fingerprint density at radius 3 is 1.28 bits per heavy atom. The maximum atomic E-state index is 2.83. The van der Waals surface area contributed by atoms with Gasteiger partial charge in [-0.25, -0.2) is 0 Å². The summed E-state index contributed by atoms with van der Waals surface area (Å²) in [4.78, 5) is 2.83. The first kappa shape index (κ1) is 39.1. The van der Waals surface area contributed by atoms with E-state index in [1.54, 1.807) is 5.31 Å². The van der Waals surface area contributed by atoms with Gasteiger partial charge in [0.15, 0.2) is 0 Å². The predicted molar refractivity (Wildman–Crippen MR) is 238 cm³/mol. The molecule has 274 valence electrons. The van der Waals surface area contributed by atoms with Crippen LogP contribution in [0, 0.1) is 61.3 Å². The molecule has 0 radical (unpaired) electrons. The molecule has 0 saturated carbocycles. The number of aryl methyl sites for hydroxylation is 8. The Morgan fingerprint density at radius 1 is 0.509 bits per heavy atom. The Kier molecular flexibility index (Phi) is 12.7. The predicted octanol–water partition coefficient (Wildman–Crippen LogP) is 11.3. The lowest BCUT2D eigenvalue weighted by Crippen LogP contribution is -2.38. The number of rotatable bonds is 13. The molecule has 1 aliphatic carbocycles. The van der Waals surface area contributed by atoms with Crippen LogP contribution < -0.4 is 26.5 Å². The summed E-state index contributed by atoms with van der Waals surface area (Å²) in [5.74, 6) is 0.248. The van der Waals surface area contributed by atoms with Crippen molar-refractivity contribution >= 4 is 42.4 Å². The van der Waals surface area contributed by atoms with E-state index in [-0.39, 0.29) is 12.0 Å². The van der Waals surface area contributed by atoms with Gasteiger partial charge in [0, 0.05) is 12.0 Å². The van der Waals surface area contributed by atoms with E-state index in [9.17, 15) is 0 Å². The Bertz CT molecular complexity index is 1950. The number of nitrogens with zero attached hydrogens (tertiary/aromatic N) is 1. The van der Waals surface area contributed by atoms with Crippen molar-refractivity contribution in [2.75, 3.05) is 13.1 Å². The van der Waals surface area contributed by atoms with Crippen LogP contribution in [0.15, 0.2) is 121 Å². The largest absolute Gasteiger partial charge is 0.295 e. The molecule has 0 heterocycles. The van der Waals surface area contributed by atoms with Crippen molar-refractivity contribution in [1.29, 1.82) is 0 Å². The highest BCUT2D eigenvalue weighted by atomic mass is 31.1. The van der Waals surface area contributed by atoms with E-state index in [1.165, 1.54) is 76.6 Å². The summed E-state index contributed by atoms with van der Waals surface area (Å²) >= 11 is 0. The third-order valence-electron chi connectivity index (χ3n) is 10.3. The lowest BCUT2D eigenvalue weighted by molar-refractivity contribution is 0.175. The highest BCUT2D eigenvalue weighted by molar-refractivity contribution is 7.80. The molecule has 6 rings (SSSR count). The molecular formula is C50H59NP2.